The van der Waals surface area contributed by atoms with Gasteiger partial charge in [-0.2, -0.15) is 5.10 Å². The molecule has 0 spiro atoms. The largest absolute Gasteiger partial charge is 0.467 e. The summed E-state index contributed by atoms with van der Waals surface area (Å²) in [5, 5.41) is 8.02. The summed E-state index contributed by atoms with van der Waals surface area (Å²) < 4.78 is 7.72. The highest BCUT2D eigenvalue weighted by atomic mass is 32.1. The molecule has 1 saturated heterocycles. The molecule has 3 aromatic heterocycles. The molecule has 0 saturated carbocycles. The quantitative estimate of drug-likeness (QED) is 0.733. The normalized spacial score (nSPS) is 16.2. The highest BCUT2D eigenvalue weighted by molar-refractivity contribution is 7.11. The summed E-state index contributed by atoms with van der Waals surface area (Å²) in [6, 6.07) is 0. The maximum atomic E-state index is 5.93. The molecule has 7 nitrogen and oxygen atoms in total. The molecule has 0 unspecified atom stereocenters. The number of thiazole rings is 1. The van der Waals surface area contributed by atoms with Crippen LogP contribution < -0.4 is 9.64 Å². The van der Waals surface area contributed by atoms with Crippen molar-refractivity contribution >= 4 is 28.2 Å². The second-order valence-electron chi connectivity index (χ2n) is 5.70. The van der Waals surface area contributed by atoms with Crippen LogP contribution in [0.1, 0.15) is 18.7 Å². The molecule has 120 valence electrons. The molecule has 0 atom stereocenters. The van der Waals surface area contributed by atoms with Crippen LogP contribution in [0.25, 0.3) is 11.0 Å². The van der Waals surface area contributed by atoms with Gasteiger partial charge in [0.1, 0.15) is 17.7 Å². The van der Waals surface area contributed by atoms with Crippen molar-refractivity contribution in [1.29, 1.82) is 0 Å². The first kappa shape index (κ1) is 14.4. The second-order valence-corrected chi connectivity index (χ2v) is 6.56. The van der Waals surface area contributed by atoms with Crippen LogP contribution in [0.2, 0.25) is 0 Å². The summed E-state index contributed by atoms with van der Waals surface area (Å²) in [6.07, 6.45) is 5.78. The van der Waals surface area contributed by atoms with Crippen LogP contribution in [0, 0.1) is 6.92 Å². The van der Waals surface area contributed by atoms with Gasteiger partial charge in [0.2, 0.25) is 0 Å². The van der Waals surface area contributed by atoms with E-state index in [1.165, 1.54) is 0 Å². The van der Waals surface area contributed by atoms with E-state index in [-0.39, 0.29) is 6.10 Å². The van der Waals surface area contributed by atoms with Gasteiger partial charge in [-0.25, -0.2) is 15.0 Å². The number of rotatable bonds is 3. The fourth-order valence-corrected chi connectivity index (χ4v) is 3.50. The Hall–Kier alpha value is -2.22. The summed E-state index contributed by atoms with van der Waals surface area (Å²) in [5.41, 5.74) is 0.883. The molecular weight excluding hydrogens is 312 g/mol. The van der Waals surface area contributed by atoms with Gasteiger partial charge in [-0.15, -0.1) is 0 Å². The van der Waals surface area contributed by atoms with Crippen LogP contribution in [-0.2, 0) is 7.05 Å². The van der Waals surface area contributed by atoms with Crippen LogP contribution in [0.3, 0.4) is 0 Å². The number of hydrogen-bond acceptors (Lipinski definition) is 7. The van der Waals surface area contributed by atoms with E-state index in [9.17, 15) is 0 Å². The maximum Gasteiger partial charge on any atom is 0.273 e. The van der Waals surface area contributed by atoms with Gasteiger partial charge in [-0.1, -0.05) is 11.3 Å². The van der Waals surface area contributed by atoms with Crippen molar-refractivity contribution in [1.82, 2.24) is 24.7 Å². The summed E-state index contributed by atoms with van der Waals surface area (Å²) in [7, 11) is 1.91. The van der Waals surface area contributed by atoms with E-state index in [1.54, 1.807) is 22.2 Å². The van der Waals surface area contributed by atoms with Crippen LogP contribution in [0.5, 0.6) is 5.19 Å². The fraction of sp³-hybridized carbons (Fsp3) is 0.467. The van der Waals surface area contributed by atoms with Gasteiger partial charge in [0.15, 0.2) is 5.65 Å². The zero-order valence-corrected chi connectivity index (χ0v) is 14.0. The third kappa shape index (κ3) is 2.74. The monoisotopic (exact) mass is 330 g/mol. The van der Waals surface area contributed by atoms with E-state index < -0.39 is 0 Å². The summed E-state index contributed by atoms with van der Waals surface area (Å²) in [6.45, 7) is 3.75. The standard InChI is InChI=1S/C15H18N6OS/c1-10-18-13-12(9-17-20(13)2)14(19-10)21-6-3-11(4-7-21)22-15-16-5-8-23-15/h5,8-9,11H,3-4,6-7H2,1-2H3. The third-order valence-corrected chi connectivity index (χ3v) is 4.76. The average molecular weight is 330 g/mol. The molecule has 0 N–H and O–H groups in total. The first-order chi connectivity index (χ1) is 11.2. The SMILES string of the molecule is Cc1nc(N2CCC(Oc3nccs3)CC2)c2cnn(C)c2n1. The Balaban J connectivity index is 1.52. The van der Waals surface area contributed by atoms with Crippen molar-refractivity contribution in [3.05, 3.63) is 23.6 Å². The molecule has 0 aromatic carbocycles. The average Bonchev–Trinajstić information content (AvgIpc) is 3.18. The lowest BCUT2D eigenvalue weighted by atomic mass is 10.1. The Labute approximate surface area is 137 Å². The molecule has 0 aliphatic carbocycles. The lowest BCUT2D eigenvalue weighted by molar-refractivity contribution is 0.170. The van der Waals surface area contributed by atoms with Crippen LogP contribution in [0.15, 0.2) is 17.8 Å². The molecule has 3 aromatic rings. The predicted octanol–water partition coefficient (Wildman–Crippen LogP) is 2.18. The smallest absolute Gasteiger partial charge is 0.273 e. The molecule has 1 fully saturated rings. The number of fused-ring (bicyclic) bond motifs is 1. The van der Waals surface area contributed by atoms with Crippen molar-refractivity contribution in [2.45, 2.75) is 25.9 Å². The number of aryl methyl sites for hydroxylation is 2. The third-order valence-electron chi connectivity index (χ3n) is 4.10. The lowest BCUT2D eigenvalue weighted by Crippen LogP contribution is -2.38. The lowest BCUT2D eigenvalue weighted by Gasteiger charge is -2.32. The summed E-state index contributed by atoms with van der Waals surface area (Å²) in [5.74, 6) is 1.76. The van der Waals surface area contributed by atoms with Crippen molar-refractivity contribution in [3.63, 3.8) is 0 Å². The number of aromatic nitrogens is 5. The van der Waals surface area contributed by atoms with Crippen LogP contribution in [0.4, 0.5) is 5.82 Å². The molecule has 4 rings (SSSR count). The van der Waals surface area contributed by atoms with Crippen molar-refractivity contribution in [3.8, 4) is 5.19 Å². The van der Waals surface area contributed by atoms with Crippen molar-refractivity contribution in [2.24, 2.45) is 7.05 Å². The van der Waals surface area contributed by atoms with Gasteiger partial charge in [-0.05, 0) is 6.92 Å². The number of nitrogens with zero attached hydrogens (tertiary/aromatic N) is 6. The van der Waals surface area contributed by atoms with Crippen molar-refractivity contribution < 1.29 is 4.74 Å². The molecule has 8 heteroatoms. The molecule has 1 aliphatic heterocycles. The first-order valence-corrected chi connectivity index (χ1v) is 8.56. The number of hydrogen-bond donors (Lipinski definition) is 0. The zero-order chi connectivity index (χ0) is 15.8. The zero-order valence-electron chi connectivity index (χ0n) is 13.1. The summed E-state index contributed by atoms with van der Waals surface area (Å²) in [4.78, 5) is 15.6. The highest BCUT2D eigenvalue weighted by Gasteiger charge is 2.24. The molecular formula is C15H18N6OS. The van der Waals surface area contributed by atoms with Gasteiger partial charge in [0.25, 0.3) is 5.19 Å². The van der Waals surface area contributed by atoms with Gasteiger partial charge >= 0.3 is 0 Å². The van der Waals surface area contributed by atoms with E-state index in [2.05, 4.69) is 25.0 Å². The minimum absolute atomic E-state index is 0.227. The molecule has 23 heavy (non-hydrogen) atoms. The molecule has 4 heterocycles. The number of ether oxygens (including phenoxy) is 1. The Kier molecular flexibility index (Phi) is 3.60. The fourth-order valence-electron chi connectivity index (χ4n) is 2.95. The van der Waals surface area contributed by atoms with E-state index in [0.29, 0.717) is 0 Å². The van der Waals surface area contributed by atoms with E-state index >= 15 is 0 Å². The maximum absolute atomic E-state index is 5.93. The minimum atomic E-state index is 0.227. The van der Waals surface area contributed by atoms with Gasteiger partial charge in [-0.3, -0.25) is 4.68 Å². The van der Waals surface area contributed by atoms with E-state index in [1.807, 2.05) is 25.5 Å². The number of piperidine rings is 1. The van der Waals surface area contributed by atoms with Gasteiger partial charge < -0.3 is 9.64 Å². The Morgan fingerprint density at radius 2 is 2.09 bits per heavy atom. The van der Waals surface area contributed by atoms with Crippen LogP contribution in [-0.4, -0.2) is 43.9 Å². The topological polar surface area (TPSA) is 69.0 Å². The predicted molar refractivity (Wildman–Crippen MR) is 89.0 cm³/mol. The first-order valence-electron chi connectivity index (χ1n) is 7.68. The second kappa shape index (κ2) is 5.77. The van der Waals surface area contributed by atoms with Gasteiger partial charge in [0, 0.05) is 44.6 Å². The Bertz CT molecular complexity index is 807. The Morgan fingerprint density at radius 1 is 1.26 bits per heavy atom. The highest BCUT2D eigenvalue weighted by Crippen LogP contribution is 2.27. The van der Waals surface area contributed by atoms with Gasteiger partial charge in [0.05, 0.1) is 11.6 Å². The molecule has 0 amide bonds. The summed E-state index contributed by atoms with van der Waals surface area (Å²) >= 11 is 1.54. The van der Waals surface area contributed by atoms with E-state index in [0.717, 1.165) is 53.8 Å². The molecule has 0 bridgehead atoms. The van der Waals surface area contributed by atoms with Crippen LogP contribution >= 0.6 is 11.3 Å². The molecule has 0 radical (unpaired) electrons. The van der Waals surface area contributed by atoms with Crippen molar-refractivity contribution in [2.75, 3.05) is 18.0 Å². The minimum Gasteiger partial charge on any atom is -0.467 e. The van der Waals surface area contributed by atoms with E-state index in [4.69, 9.17) is 4.74 Å². The number of anilines is 1. The Morgan fingerprint density at radius 3 is 2.83 bits per heavy atom. The molecule has 1 aliphatic rings.